The summed E-state index contributed by atoms with van der Waals surface area (Å²) >= 11 is 0. The van der Waals surface area contributed by atoms with Gasteiger partial charge < -0.3 is 0 Å². The zero-order chi connectivity index (χ0) is 11.0. The van der Waals surface area contributed by atoms with E-state index in [1.807, 2.05) is 0 Å². The van der Waals surface area contributed by atoms with Gasteiger partial charge in [-0.3, -0.25) is 0 Å². The van der Waals surface area contributed by atoms with Gasteiger partial charge in [0.25, 0.3) is 0 Å². The van der Waals surface area contributed by atoms with Crippen molar-refractivity contribution >= 4 is 0 Å². The Morgan fingerprint density at radius 2 is 1.57 bits per heavy atom. The van der Waals surface area contributed by atoms with Crippen molar-refractivity contribution in [3.05, 3.63) is 25.3 Å². The summed E-state index contributed by atoms with van der Waals surface area (Å²) in [5, 5.41) is 0. The molecule has 0 bridgehead atoms. The zero-order valence-electron chi connectivity index (χ0n) is 9.59. The molecule has 0 atom stereocenters. The van der Waals surface area contributed by atoms with Gasteiger partial charge in [0.1, 0.15) is 5.60 Å². The number of rotatable bonds is 2. The van der Waals surface area contributed by atoms with E-state index in [-0.39, 0.29) is 10.8 Å². The van der Waals surface area contributed by atoms with Crippen molar-refractivity contribution in [1.29, 1.82) is 0 Å². The summed E-state index contributed by atoms with van der Waals surface area (Å²) in [6.07, 6.45) is 3.53. The quantitative estimate of drug-likeness (QED) is 0.499. The minimum absolute atomic E-state index is 0.0215. The van der Waals surface area contributed by atoms with Crippen LogP contribution in [0.3, 0.4) is 0 Å². The van der Waals surface area contributed by atoms with Crippen LogP contribution in [0.1, 0.15) is 27.7 Å². The summed E-state index contributed by atoms with van der Waals surface area (Å²) < 4.78 is 0. The Bertz CT molecular complexity index is 243. The lowest BCUT2D eigenvalue weighted by atomic mass is 9.58. The molecule has 0 unspecified atom stereocenters. The second-order valence-electron chi connectivity index (χ2n) is 5.06. The fraction of sp³-hybridized carbons (Fsp3) is 0.667. The molecule has 0 aliphatic carbocycles. The van der Waals surface area contributed by atoms with Crippen molar-refractivity contribution in [3.63, 3.8) is 0 Å². The van der Waals surface area contributed by atoms with Crippen molar-refractivity contribution in [2.24, 2.45) is 10.8 Å². The third-order valence-corrected chi connectivity index (χ3v) is 3.89. The molecule has 1 fully saturated rings. The molecule has 80 valence electrons. The molecule has 0 spiro atoms. The van der Waals surface area contributed by atoms with E-state index < -0.39 is 5.60 Å². The molecule has 1 aliphatic rings. The van der Waals surface area contributed by atoms with Crippen molar-refractivity contribution < 1.29 is 9.78 Å². The van der Waals surface area contributed by atoms with Gasteiger partial charge in [0, 0.05) is 5.41 Å². The van der Waals surface area contributed by atoms with E-state index in [0.29, 0.717) is 6.61 Å². The monoisotopic (exact) mass is 196 g/mol. The molecule has 0 saturated carbocycles. The lowest BCUT2D eigenvalue weighted by Gasteiger charge is -2.54. The van der Waals surface area contributed by atoms with Gasteiger partial charge >= 0.3 is 0 Å². The highest BCUT2D eigenvalue weighted by atomic mass is 17.2. The highest BCUT2D eigenvalue weighted by Gasteiger charge is 2.55. The molecule has 0 radical (unpaired) electrons. The summed E-state index contributed by atoms with van der Waals surface area (Å²) in [4.78, 5) is 10.6. The van der Waals surface area contributed by atoms with Gasteiger partial charge in [-0.25, -0.2) is 9.78 Å². The minimum Gasteiger partial charge on any atom is -0.235 e. The molecule has 2 nitrogen and oxygen atoms in total. The second kappa shape index (κ2) is 3.21. The van der Waals surface area contributed by atoms with E-state index in [1.54, 1.807) is 12.2 Å². The lowest BCUT2D eigenvalue weighted by Crippen LogP contribution is -2.57. The molecular weight excluding hydrogens is 176 g/mol. The van der Waals surface area contributed by atoms with Crippen molar-refractivity contribution in [2.45, 2.75) is 33.3 Å². The Labute approximate surface area is 86.5 Å². The maximum Gasteiger partial charge on any atom is 0.145 e. The fourth-order valence-electron chi connectivity index (χ4n) is 1.75. The van der Waals surface area contributed by atoms with Gasteiger partial charge in [-0.1, -0.05) is 53.0 Å². The molecule has 0 aromatic carbocycles. The van der Waals surface area contributed by atoms with Gasteiger partial charge in [0.15, 0.2) is 0 Å². The van der Waals surface area contributed by atoms with Gasteiger partial charge in [0.05, 0.1) is 6.61 Å². The van der Waals surface area contributed by atoms with Gasteiger partial charge in [-0.05, 0) is 5.41 Å². The molecule has 14 heavy (non-hydrogen) atoms. The Morgan fingerprint density at radius 1 is 1.07 bits per heavy atom. The molecule has 0 N–H and O–H groups in total. The van der Waals surface area contributed by atoms with E-state index in [9.17, 15) is 0 Å². The third kappa shape index (κ3) is 1.25. The maximum absolute atomic E-state index is 5.38. The first kappa shape index (κ1) is 11.5. The normalized spacial score (nSPS) is 28.0. The van der Waals surface area contributed by atoms with Crippen LogP contribution in [0.4, 0.5) is 0 Å². The van der Waals surface area contributed by atoms with E-state index in [0.717, 1.165) is 0 Å². The summed E-state index contributed by atoms with van der Waals surface area (Å²) in [6.45, 7) is 16.8. The highest BCUT2D eigenvalue weighted by molar-refractivity contribution is 5.20. The van der Waals surface area contributed by atoms with Crippen molar-refractivity contribution in [2.75, 3.05) is 6.61 Å². The molecular formula is C12H20O2. The largest absolute Gasteiger partial charge is 0.235 e. The molecule has 0 aromatic rings. The Balaban J connectivity index is 3.20. The van der Waals surface area contributed by atoms with Crippen LogP contribution >= 0.6 is 0 Å². The van der Waals surface area contributed by atoms with Crippen LogP contribution in [-0.4, -0.2) is 12.2 Å². The summed E-state index contributed by atoms with van der Waals surface area (Å²) in [5.74, 6) is 0. The van der Waals surface area contributed by atoms with Crippen LogP contribution < -0.4 is 0 Å². The second-order valence-corrected chi connectivity index (χ2v) is 5.06. The van der Waals surface area contributed by atoms with Crippen LogP contribution in [0.25, 0.3) is 0 Å². The average molecular weight is 196 g/mol. The van der Waals surface area contributed by atoms with Crippen LogP contribution in [-0.2, 0) is 9.78 Å². The molecule has 1 rings (SSSR count). The Morgan fingerprint density at radius 3 is 1.93 bits per heavy atom. The van der Waals surface area contributed by atoms with Crippen molar-refractivity contribution in [1.82, 2.24) is 0 Å². The molecule has 1 aliphatic heterocycles. The average Bonchev–Trinajstić information content (AvgIpc) is 2.10. The highest BCUT2D eigenvalue weighted by Crippen LogP contribution is 2.52. The van der Waals surface area contributed by atoms with Crippen LogP contribution in [0.5, 0.6) is 0 Å². The van der Waals surface area contributed by atoms with Crippen LogP contribution in [0.15, 0.2) is 25.3 Å². The first-order valence-corrected chi connectivity index (χ1v) is 4.91. The standard InChI is InChI=1S/C12H20O2/c1-7-12(8-2)11(5,6)10(3,4)9-13-14-12/h7-8H,1-2,9H2,3-6H3. The summed E-state index contributed by atoms with van der Waals surface area (Å²) in [7, 11) is 0. The Hall–Kier alpha value is -0.600. The first-order chi connectivity index (χ1) is 6.33. The van der Waals surface area contributed by atoms with Gasteiger partial charge in [0.2, 0.25) is 0 Å². The van der Waals surface area contributed by atoms with E-state index >= 15 is 0 Å². The topological polar surface area (TPSA) is 18.5 Å². The zero-order valence-corrected chi connectivity index (χ0v) is 9.59. The number of hydrogen-bond donors (Lipinski definition) is 0. The predicted octanol–water partition coefficient (Wildman–Crippen LogP) is 3.11. The van der Waals surface area contributed by atoms with E-state index in [2.05, 4.69) is 40.9 Å². The first-order valence-electron chi connectivity index (χ1n) is 4.91. The molecule has 1 heterocycles. The molecule has 0 aromatic heterocycles. The van der Waals surface area contributed by atoms with E-state index in [1.165, 1.54) is 0 Å². The van der Waals surface area contributed by atoms with E-state index in [4.69, 9.17) is 9.78 Å². The fourth-order valence-corrected chi connectivity index (χ4v) is 1.75. The van der Waals surface area contributed by atoms with Crippen LogP contribution in [0, 0.1) is 10.8 Å². The SMILES string of the molecule is C=CC1(C=C)OOCC(C)(C)C1(C)C. The minimum atomic E-state index is -0.602. The van der Waals surface area contributed by atoms with Crippen LogP contribution in [0.2, 0.25) is 0 Å². The van der Waals surface area contributed by atoms with Gasteiger partial charge in [-0.15, -0.1) is 0 Å². The predicted molar refractivity (Wildman–Crippen MR) is 57.7 cm³/mol. The molecule has 1 saturated heterocycles. The summed E-state index contributed by atoms with van der Waals surface area (Å²) in [5.41, 5.74) is -0.676. The molecule has 2 heteroatoms. The van der Waals surface area contributed by atoms with Gasteiger partial charge in [-0.2, -0.15) is 0 Å². The lowest BCUT2D eigenvalue weighted by molar-refractivity contribution is -0.414. The maximum atomic E-state index is 5.38. The Kier molecular flexibility index (Phi) is 2.63. The van der Waals surface area contributed by atoms with Crippen molar-refractivity contribution in [3.8, 4) is 0 Å². The third-order valence-electron chi connectivity index (χ3n) is 3.89. The summed E-state index contributed by atoms with van der Waals surface area (Å²) in [6, 6.07) is 0. The number of hydrogen-bond acceptors (Lipinski definition) is 2. The smallest absolute Gasteiger partial charge is 0.145 e. The molecule has 0 amide bonds.